The number of rotatable bonds is 2. The average molecular weight is 285 g/mol. The molecule has 1 nitrogen and oxygen atoms in total. The second-order valence-electron chi connectivity index (χ2n) is 4.68. The van der Waals surface area contributed by atoms with Crippen molar-refractivity contribution in [1.82, 2.24) is 0 Å². The Labute approximate surface area is 84.7 Å². The summed E-state index contributed by atoms with van der Waals surface area (Å²) in [6.45, 7) is 2.07. The molecular formula is C11H18OSn. The first-order chi connectivity index (χ1) is 5.91. The van der Waals surface area contributed by atoms with Crippen LogP contribution in [-0.4, -0.2) is 23.5 Å². The molecule has 0 aliphatic carbocycles. The van der Waals surface area contributed by atoms with Gasteiger partial charge in [0.1, 0.15) is 0 Å². The van der Waals surface area contributed by atoms with Crippen molar-refractivity contribution in [3.05, 3.63) is 35.4 Å². The Morgan fingerprint density at radius 2 is 1.54 bits per heavy atom. The van der Waals surface area contributed by atoms with Crippen LogP contribution in [0.5, 0.6) is 0 Å². The molecule has 0 fully saturated rings. The minimum atomic E-state index is -2.17. The monoisotopic (exact) mass is 286 g/mol. The zero-order valence-corrected chi connectivity index (χ0v) is 11.7. The second-order valence-corrected chi connectivity index (χ2v) is 19.7. The molecule has 0 amide bonds. The van der Waals surface area contributed by atoms with Crippen LogP contribution in [0, 0.1) is 6.92 Å². The Morgan fingerprint density at radius 1 is 1.08 bits per heavy atom. The Balaban J connectivity index is 2.90. The van der Waals surface area contributed by atoms with Gasteiger partial charge in [-0.3, -0.25) is 0 Å². The van der Waals surface area contributed by atoms with Gasteiger partial charge >= 0.3 is 84.7 Å². The summed E-state index contributed by atoms with van der Waals surface area (Å²) >= 11 is -2.17. The van der Waals surface area contributed by atoms with E-state index in [2.05, 4.69) is 33.9 Å². The summed E-state index contributed by atoms with van der Waals surface area (Å²) in [6.07, 6.45) is 0. The molecule has 0 bridgehead atoms. The molecular weight excluding hydrogens is 267 g/mol. The van der Waals surface area contributed by atoms with Crippen molar-refractivity contribution in [1.29, 1.82) is 0 Å². The molecule has 0 spiro atoms. The molecule has 0 aromatic heterocycles. The third-order valence-corrected chi connectivity index (χ3v) is 7.85. The maximum atomic E-state index is 10.0. The van der Waals surface area contributed by atoms with Gasteiger partial charge < -0.3 is 0 Å². The van der Waals surface area contributed by atoms with Gasteiger partial charge in [-0.1, -0.05) is 0 Å². The first-order valence-corrected chi connectivity index (χ1v) is 14.9. The number of hydrogen-bond acceptors (Lipinski definition) is 1. The molecule has 1 N–H and O–H groups in total. The average Bonchev–Trinajstić information content (AvgIpc) is 2.03. The predicted octanol–water partition coefficient (Wildman–Crippen LogP) is 2.91. The van der Waals surface area contributed by atoms with E-state index in [-0.39, 0.29) is 4.12 Å². The predicted molar refractivity (Wildman–Crippen MR) is 59.5 cm³/mol. The van der Waals surface area contributed by atoms with E-state index in [0.29, 0.717) is 0 Å². The molecule has 1 atom stereocenters. The molecule has 0 radical (unpaired) electrons. The molecule has 0 aliphatic heterocycles. The van der Waals surface area contributed by atoms with Gasteiger partial charge in [-0.15, -0.1) is 0 Å². The SMILES string of the molecule is Cc1ccc([CH](O)[Sn]([CH3])([CH3])[CH3])cc1. The molecule has 72 valence electrons. The van der Waals surface area contributed by atoms with E-state index < -0.39 is 18.4 Å². The second kappa shape index (κ2) is 4.01. The molecule has 0 heterocycles. The van der Waals surface area contributed by atoms with Crippen LogP contribution in [0.25, 0.3) is 0 Å². The van der Waals surface area contributed by atoms with Crippen molar-refractivity contribution >= 4 is 18.4 Å². The summed E-state index contributed by atoms with van der Waals surface area (Å²) in [5.74, 6) is 0. The van der Waals surface area contributed by atoms with Crippen LogP contribution in [0.4, 0.5) is 0 Å². The molecule has 1 rings (SSSR count). The van der Waals surface area contributed by atoms with E-state index in [9.17, 15) is 5.11 Å². The van der Waals surface area contributed by atoms with E-state index >= 15 is 0 Å². The standard InChI is InChI=1S/C8H9O.3CH3.Sn/c1-7-2-4-8(6-9)5-3-7;;;;/h2-6,9H,1H3;3*1H3;. The summed E-state index contributed by atoms with van der Waals surface area (Å²) in [5, 5.41) is 10.0. The van der Waals surface area contributed by atoms with E-state index in [1.165, 1.54) is 5.56 Å². The summed E-state index contributed by atoms with van der Waals surface area (Å²) in [5.41, 5.74) is 2.34. The van der Waals surface area contributed by atoms with Crippen molar-refractivity contribution < 1.29 is 5.11 Å². The Hall–Kier alpha value is -0.0213. The molecule has 0 saturated carbocycles. The first-order valence-electron chi connectivity index (χ1n) is 4.66. The third kappa shape index (κ3) is 2.99. The van der Waals surface area contributed by atoms with Crippen LogP contribution < -0.4 is 0 Å². The Bertz CT molecular complexity index is 271. The summed E-state index contributed by atoms with van der Waals surface area (Å²) in [4.78, 5) is 6.75. The van der Waals surface area contributed by atoms with Crippen LogP contribution in [0.3, 0.4) is 0 Å². The number of aryl methyl sites for hydroxylation is 1. The number of benzene rings is 1. The zero-order valence-electron chi connectivity index (χ0n) is 8.83. The van der Waals surface area contributed by atoms with Gasteiger partial charge in [0.25, 0.3) is 0 Å². The van der Waals surface area contributed by atoms with Gasteiger partial charge in [-0.05, 0) is 0 Å². The van der Waals surface area contributed by atoms with Crippen molar-refractivity contribution in [3.63, 3.8) is 0 Å². The fourth-order valence-electron chi connectivity index (χ4n) is 1.25. The zero-order chi connectivity index (χ0) is 10.1. The molecule has 1 unspecified atom stereocenters. The van der Waals surface area contributed by atoms with Gasteiger partial charge in [-0.25, -0.2) is 0 Å². The van der Waals surface area contributed by atoms with Crippen molar-refractivity contribution in [2.45, 2.75) is 25.9 Å². The van der Waals surface area contributed by atoms with E-state index in [1.807, 2.05) is 12.1 Å². The summed E-state index contributed by atoms with van der Waals surface area (Å²) < 4.78 is -0.171. The Kier molecular flexibility index (Phi) is 3.41. The molecule has 1 aromatic carbocycles. The van der Waals surface area contributed by atoms with Crippen LogP contribution in [0.15, 0.2) is 24.3 Å². The van der Waals surface area contributed by atoms with Crippen LogP contribution in [0.1, 0.15) is 15.2 Å². The number of hydrogen-bond donors (Lipinski definition) is 1. The van der Waals surface area contributed by atoms with Crippen LogP contribution >= 0.6 is 0 Å². The van der Waals surface area contributed by atoms with Gasteiger partial charge in [0.15, 0.2) is 0 Å². The quantitative estimate of drug-likeness (QED) is 0.828. The van der Waals surface area contributed by atoms with E-state index in [1.54, 1.807) is 0 Å². The number of aliphatic hydroxyl groups excluding tert-OH is 1. The van der Waals surface area contributed by atoms with Crippen molar-refractivity contribution in [2.24, 2.45) is 0 Å². The fraction of sp³-hybridized carbons (Fsp3) is 0.455. The van der Waals surface area contributed by atoms with Crippen molar-refractivity contribution in [2.75, 3.05) is 0 Å². The van der Waals surface area contributed by atoms with Gasteiger partial charge in [0.05, 0.1) is 0 Å². The molecule has 0 saturated heterocycles. The van der Waals surface area contributed by atoms with Crippen LogP contribution in [0.2, 0.25) is 14.8 Å². The molecule has 1 aromatic rings. The van der Waals surface area contributed by atoms with Crippen LogP contribution in [-0.2, 0) is 0 Å². The molecule has 13 heavy (non-hydrogen) atoms. The minimum absolute atomic E-state index is 0.171. The third-order valence-electron chi connectivity index (χ3n) is 2.21. The maximum absolute atomic E-state index is 10.0. The van der Waals surface area contributed by atoms with Gasteiger partial charge in [0.2, 0.25) is 0 Å². The normalized spacial score (nSPS) is 14.2. The van der Waals surface area contributed by atoms with E-state index in [0.717, 1.165) is 5.56 Å². The first kappa shape index (κ1) is 11.1. The molecule has 0 aliphatic rings. The van der Waals surface area contributed by atoms with E-state index in [4.69, 9.17) is 0 Å². The van der Waals surface area contributed by atoms with Crippen molar-refractivity contribution in [3.8, 4) is 0 Å². The number of aliphatic hydroxyl groups is 1. The topological polar surface area (TPSA) is 20.2 Å². The Morgan fingerprint density at radius 3 is 1.92 bits per heavy atom. The van der Waals surface area contributed by atoms with Gasteiger partial charge in [0, 0.05) is 0 Å². The summed E-state index contributed by atoms with van der Waals surface area (Å²) in [7, 11) is 0. The van der Waals surface area contributed by atoms with Gasteiger partial charge in [-0.2, -0.15) is 0 Å². The fourth-order valence-corrected chi connectivity index (χ4v) is 4.65. The molecule has 2 heteroatoms. The summed E-state index contributed by atoms with van der Waals surface area (Å²) in [6, 6.07) is 8.22.